The van der Waals surface area contributed by atoms with E-state index in [-0.39, 0.29) is 24.5 Å². The summed E-state index contributed by atoms with van der Waals surface area (Å²) in [6.07, 6.45) is 1.52. The lowest BCUT2D eigenvalue weighted by atomic mass is 10.2. The zero-order chi connectivity index (χ0) is 14.0. The summed E-state index contributed by atoms with van der Waals surface area (Å²) in [6.45, 7) is 0.0330. The van der Waals surface area contributed by atoms with Crippen LogP contribution in [0.2, 0.25) is 0 Å². The molecule has 6 nitrogen and oxygen atoms in total. The van der Waals surface area contributed by atoms with E-state index in [4.69, 9.17) is 5.11 Å². The highest BCUT2D eigenvalue weighted by Gasteiger charge is 2.35. The molecule has 0 rings (SSSR count). The summed E-state index contributed by atoms with van der Waals surface area (Å²) >= 11 is 7.38. The molecule has 0 aliphatic heterocycles. The Balaban J connectivity index is 4.38. The van der Waals surface area contributed by atoms with Crippen LogP contribution in [0, 0.1) is 0 Å². The standard InChI is InChI=1S/C10H18O6S2/c11-5-3-1-2-4-10(14,15-8(12)6-17)16-9(13)7-18/h11,14,17-18H,1-7H2. The van der Waals surface area contributed by atoms with Gasteiger partial charge in [-0.05, 0) is 12.8 Å². The molecule has 0 aliphatic carbocycles. The molecule has 0 aromatic carbocycles. The summed E-state index contributed by atoms with van der Waals surface area (Å²) in [5, 5.41) is 18.5. The number of aliphatic hydroxyl groups is 2. The molecule has 0 fully saturated rings. The van der Waals surface area contributed by atoms with Gasteiger partial charge < -0.3 is 19.7 Å². The number of rotatable bonds is 9. The van der Waals surface area contributed by atoms with E-state index in [2.05, 4.69) is 34.7 Å². The van der Waals surface area contributed by atoms with Crippen molar-refractivity contribution < 1.29 is 29.3 Å². The Hall–Kier alpha value is -0.440. The lowest BCUT2D eigenvalue weighted by molar-refractivity contribution is -0.326. The molecule has 0 radical (unpaired) electrons. The fourth-order valence-electron chi connectivity index (χ4n) is 1.18. The number of thiol groups is 2. The normalized spacial score (nSPS) is 11.1. The molecular formula is C10H18O6S2. The van der Waals surface area contributed by atoms with Crippen molar-refractivity contribution in [3.8, 4) is 0 Å². The van der Waals surface area contributed by atoms with Gasteiger partial charge >= 0.3 is 17.9 Å². The van der Waals surface area contributed by atoms with Crippen molar-refractivity contribution in [3.63, 3.8) is 0 Å². The zero-order valence-corrected chi connectivity index (χ0v) is 11.7. The third-order valence-corrected chi connectivity index (χ3v) is 2.47. The van der Waals surface area contributed by atoms with Gasteiger partial charge in [0.2, 0.25) is 0 Å². The van der Waals surface area contributed by atoms with E-state index >= 15 is 0 Å². The molecule has 0 amide bonds. The van der Waals surface area contributed by atoms with Gasteiger partial charge in [0.15, 0.2) is 0 Å². The van der Waals surface area contributed by atoms with Crippen molar-refractivity contribution in [2.75, 3.05) is 18.1 Å². The number of unbranched alkanes of at least 4 members (excludes halogenated alkanes) is 2. The topological polar surface area (TPSA) is 93.1 Å². The summed E-state index contributed by atoms with van der Waals surface area (Å²) < 4.78 is 9.28. The predicted octanol–water partition coefficient (Wildman–Crippen LogP) is 0.131. The molecule has 18 heavy (non-hydrogen) atoms. The lowest BCUT2D eigenvalue weighted by Crippen LogP contribution is -2.40. The molecule has 106 valence electrons. The van der Waals surface area contributed by atoms with Crippen LogP contribution in [0.5, 0.6) is 0 Å². The number of aliphatic hydroxyl groups excluding tert-OH is 1. The Bertz CT molecular complexity index is 253. The average Bonchev–Trinajstić information content (AvgIpc) is 2.34. The maximum atomic E-state index is 11.1. The smallest absolute Gasteiger partial charge is 0.373 e. The highest BCUT2D eigenvalue weighted by molar-refractivity contribution is 7.81. The predicted molar refractivity (Wildman–Crippen MR) is 70.4 cm³/mol. The van der Waals surface area contributed by atoms with E-state index in [9.17, 15) is 14.7 Å². The average molecular weight is 298 g/mol. The van der Waals surface area contributed by atoms with Gasteiger partial charge in [0.25, 0.3) is 0 Å². The first-order valence-corrected chi connectivity index (χ1v) is 6.72. The quantitative estimate of drug-likeness (QED) is 0.209. The molecule has 0 aliphatic rings. The Morgan fingerprint density at radius 1 is 1.00 bits per heavy atom. The molecular weight excluding hydrogens is 280 g/mol. The summed E-state index contributed by atoms with van der Waals surface area (Å²) in [6, 6.07) is 0. The molecule has 0 aromatic rings. The monoisotopic (exact) mass is 298 g/mol. The second-order valence-corrected chi connectivity index (χ2v) is 4.14. The van der Waals surface area contributed by atoms with E-state index in [0.717, 1.165) is 0 Å². The SMILES string of the molecule is O=C(CS)OC(O)(CCCCCO)OC(=O)CS. The molecule has 8 heteroatoms. The van der Waals surface area contributed by atoms with E-state index in [1.54, 1.807) is 0 Å². The Kier molecular flexibility index (Phi) is 9.25. The number of esters is 2. The van der Waals surface area contributed by atoms with Crippen molar-refractivity contribution in [1.82, 2.24) is 0 Å². The summed E-state index contributed by atoms with van der Waals surface area (Å²) in [5.41, 5.74) is 0. The number of carbonyl (C=O) groups is 2. The minimum atomic E-state index is -2.28. The fraction of sp³-hybridized carbons (Fsp3) is 0.800. The Morgan fingerprint density at radius 2 is 1.50 bits per heavy atom. The molecule has 2 N–H and O–H groups in total. The van der Waals surface area contributed by atoms with Crippen LogP contribution in [0.1, 0.15) is 25.7 Å². The van der Waals surface area contributed by atoms with Crippen LogP contribution in [0.3, 0.4) is 0 Å². The molecule has 0 atom stereocenters. The van der Waals surface area contributed by atoms with Gasteiger partial charge in [0.05, 0.1) is 17.9 Å². The van der Waals surface area contributed by atoms with Crippen LogP contribution < -0.4 is 0 Å². The van der Waals surface area contributed by atoms with Crippen molar-refractivity contribution >= 4 is 37.2 Å². The second-order valence-electron chi connectivity index (χ2n) is 3.51. The third kappa shape index (κ3) is 7.80. The van der Waals surface area contributed by atoms with Crippen molar-refractivity contribution in [3.05, 3.63) is 0 Å². The maximum Gasteiger partial charge on any atom is 0.373 e. The third-order valence-electron chi connectivity index (χ3n) is 1.96. The minimum absolute atomic E-state index is 0.0330. The molecule has 0 heterocycles. The van der Waals surface area contributed by atoms with Crippen LogP contribution in [0.15, 0.2) is 0 Å². The van der Waals surface area contributed by atoms with Crippen molar-refractivity contribution in [2.45, 2.75) is 31.7 Å². The zero-order valence-electron chi connectivity index (χ0n) is 9.87. The van der Waals surface area contributed by atoms with Gasteiger partial charge in [0, 0.05) is 6.61 Å². The van der Waals surface area contributed by atoms with Gasteiger partial charge in [-0.1, -0.05) is 6.42 Å². The van der Waals surface area contributed by atoms with Gasteiger partial charge in [-0.15, -0.1) is 0 Å². The maximum absolute atomic E-state index is 11.1. The second kappa shape index (κ2) is 9.48. The van der Waals surface area contributed by atoms with Crippen LogP contribution in [0.4, 0.5) is 0 Å². The summed E-state index contributed by atoms with van der Waals surface area (Å²) in [7, 11) is 0. The van der Waals surface area contributed by atoms with Crippen LogP contribution >= 0.6 is 25.3 Å². The van der Waals surface area contributed by atoms with Gasteiger partial charge in [-0.2, -0.15) is 25.3 Å². The molecule has 0 bridgehead atoms. The number of hydrogen-bond acceptors (Lipinski definition) is 8. The first kappa shape index (κ1) is 17.6. The molecule has 0 aromatic heterocycles. The minimum Gasteiger partial charge on any atom is -0.397 e. The van der Waals surface area contributed by atoms with Gasteiger partial charge in [-0.25, -0.2) is 0 Å². The fourth-order valence-corrected chi connectivity index (χ4v) is 1.31. The number of hydrogen-bond donors (Lipinski definition) is 4. The first-order valence-electron chi connectivity index (χ1n) is 5.46. The molecule has 0 unspecified atom stereocenters. The molecule has 0 saturated carbocycles. The van der Waals surface area contributed by atoms with Crippen molar-refractivity contribution in [1.29, 1.82) is 0 Å². The largest absolute Gasteiger partial charge is 0.397 e. The molecule has 0 saturated heterocycles. The first-order chi connectivity index (χ1) is 8.47. The van der Waals surface area contributed by atoms with E-state index < -0.39 is 17.9 Å². The summed E-state index contributed by atoms with van der Waals surface area (Å²) in [4.78, 5) is 22.2. The van der Waals surface area contributed by atoms with Crippen LogP contribution in [0.25, 0.3) is 0 Å². The van der Waals surface area contributed by atoms with Crippen LogP contribution in [-0.2, 0) is 19.1 Å². The van der Waals surface area contributed by atoms with E-state index in [1.165, 1.54) is 0 Å². The van der Waals surface area contributed by atoms with Crippen molar-refractivity contribution in [2.24, 2.45) is 0 Å². The highest BCUT2D eigenvalue weighted by atomic mass is 32.1. The highest BCUT2D eigenvalue weighted by Crippen LogP contribution is 2.19. The Morgan fingerprint density at radius 3 is 1.89 bits per heavy atom. The number of carbonyl (C=O) groups excluding carboxylic acids is 2. The van der Waals surface area contributed by atoms with Gasteiger partial charge in [-0.3, -0.25) is 9.59 Å². The Labute approximate surface area is 116 Å². The molecule has 0 spiro atoms. The van der Waals surface area contributed by atoms with Gasteiger partial charge in [0.1, 0.15) is 0 Å². The lowest BCUT2D eigenvalue weighted by Gasteiger charge is -2.26. The van der Waals surface area contributed by atoms with E-state index in [1.807, 2.05) is 0 Å². The van der Waals surface area contributed by atoms with Crippen LogP contribution in [-0.4, -0.2) is 46.2 Å². The number of ether oxygens (including phenoxy) is 2. The summed E-state index contributed by atoms with van der Waals surface area (Å²) in [5.74, 6) is -4.35. The van der Waals surface area contributed by atoms with E-state index in [0.29, 0.717) is 19.3 Å².